The molecule has 1 aliphatic rings. The van der Waals surface area contributed by atoms with Crippen LogP contribution in [0.1, 0.15) is 23.2 Å². The highest BCUT2D eigenvalue weighted by molar-refractivity contribution is 7.90. The minimum absolute atomic E-state index is 0. The quantitative estimate of drug-likeness (QED) is 0.642. The zero-order valence-corrected chi connectivity index (χ0v) is 17.9. The van der Waals surface area contributed by atoms with Crippen LogP contribution in [-0.4, -0.2) is 38.0 Å². The van der Waals surface area contributed by atoms with Crippen LogP contribution < -0.4 is 4.74 Å². The highest BCUT2D eigenvalue weighted by atomic mass is 35.5. The molecule has 0 saturated carbocycles. The fourth-order valence-electron chi connectivity index (χ4n) is 3.91. The lowest BCUT2D eigenvalue weighted by atomic mass is 10.1. The Morgan fingerprint density at radius 3 is 2.46 bits per heavy atom. The number of halogens is 1. The number of benzene rings is 2. The van der Waals surface area contributed by atoms with Gasteiger partial charge in [0.1, 0.15) is 5.75 Å². The smallest absolute Gasteiger partial charge is 0.268 e. The van der Waals surface area contributed by atoms with Crippen LogP contribution in [0.5, 0.6) is 5.75 Å². The second-order valence-electron chi connectivity index (χ2n) is 7.23. The average molecular weight is 421 g/mol. The first-order valence-electron chi connectivity index (χ1n) is 9.13. The summed E-state index contributed by atoms with van der Waals surface area (Å²) >= 11 is 0. The van der Waals surface area contributed by atoms with E-state index in [9.17, 15) is 8.42 Å². The van der Waals surface area contributed by atoms with E-state index < -0.39 is 10.0 Å². The van der Waals surface area contributed by atoms with Crippen molar-refractivity contribution in [1.29, 1.82) is 0 Å². The van der Waals surface area contributed by atoms with Crippen molar-refractivity contribution in [3.63, 3.8) is 0 Å². The van der Waals surface area contributed by atoms with E-state index in [0.29, 0.717) is 5.75 Å². The van der Waals surface area contributed by atoms with E-state index in [1.165, 1.54) is 0 Å². The number of hydrogen-bond acceptors (Lipinski definition) is 4. The van der Waals surface area contributed by atoms with E-state index >= 15 is 0 Å². The predicted molar refractivity (Wildman–Crippen MR) is 114 cm³/mol. The molecule has 1 aliphatic heterocycles. The number of aryl methyl sites for hydroxylation is 1. The fourth-order valence-corrected chi connectivity index (χ4v) is 5.51. The first-order chi connectivity index (χ1) is 12.9. The minimum Gasteiger partial charge on any atom is -0.497 e. The highest BCUT2D eigenvalue weighted by Crippen LogP contribution is 2.34. The molecule has 0 fully saturated rings. The van der Waals surface area contributed by atoms with Gasteiger partial charge in [-0.3, -0.25) is 0 Å². The maximum Gasteiger partial charge on any atom is 0.268 e. The van der Waals surface area contributed by atoms with Crippen molar-refractivity contribution in [2.24, 2.45) is 0 Å². The van der Waals surface area contributed by atoms with Gasteiger partial charge in [-0.05, 0) is 75.3 Å². The van der Waals surface area contributed by atoms with E-state index in [1.807, 2.05) is 19.1 Å². The van der Waals surface area contributed by atoms with E-state index in [0.717, 1.165) is 53.7 Å². The number of ether oxygens (including phenoxy) is 1. The first kappa shape index (κ1) is 20.7. The summed E-state index contributed by atoms with van der Waals surface area (Å²) in [5, 5.41) is 1.04. The van der Waals surface area contributed by atoms with E-state index in [-0.39, 0.29) is 17.3 Å². The van der Waals surface area contributed by atoms with Gasteiger partial charge >= 0.3 is 0 Å². The summed E-state index contributed by atoms with van der Waals surface area (Å²) < 4.78 is 33.9. The number of fused-ring (bicyclic) bond motifs is 3. The van der Waals surface area contributed by atoms with Crippen LogP contribution in [0.2, 0.25) is 0 Å². The van der Waals surface area contributed by atoms with E-state index in [1.54, 1.807) is 35.3 Å². The fraction of sp³-hybridized carbons (Fsp3) is 0.333. The summed E-state index contributed by atoms with van der Waals surface area (Å²) in [5.74, 6) is 0.641. The number of nitrogens with zero attached hydrogens (tertiary/aromatic N) is 2. The second-order valence-corrected chi connectivity index (χ2v) is 9.02. The van der Waals surface area contributed by atoms with Crippen LogP contribution in [-0.2, 0) is 23.0 Å². The van der Waals surface area contributed by atoms with Crippen molar-refractivity contribution in [2.45, 2.75) is 31.2 Å². The van der Waals surface area contributed by atoms with Gasteiger partial charge < -0.3 is 9.64 Å². The summed E-state index contributed by atoms with van der Waals surface area (Å²) in [6.45, 7) is 3.77. The Balaban J connectivity index is 0.00000225. The largest absolute Gasteiger partial charge is 0.497 e. The summed E-state index contributed by atoms with van der Waals surface area (Å²) in [7, 11) is -0.0322. The molecule has 0 spiro atoms. The lowest BCUT2D eigenvalue weighted by molar-refractivity contribution is 0.333. The molecule has 7 heteroatoms. The van der Waals surface area contributed by atoms with Gasteiger partial charge in [-0.1, -0.05) is 11.6 Å². The predicted octanol–water partition coefficient (Wildman–Crippen LogP) is 4.00. The molecule has 0 N–H and O–H groups in total. The third-order valence-electron chi connectivity index (χ3n) is 5.27. The molecule has 2 aromatic carbocycles. The van der Waals surface area contributed by atoms with Gasteiger partial charge in [-0.15, -0.1) is 12.4 Å². The normalized spacial score (nSPS) is 15.0. The second kappa shape index (κ2) is 7.78. The molecule has 2 heterocycles. The summed E-state index contributed by atoms with van der Waals surface area (Å²) in [6, 6.07) is 12.6. The number of aromatic nitrogens is 1. The van der Waals surface area contributed by atoms with Crippen molar-refractivity contribution in [3.8, 4) is 5.75 Å². The summed E-state index contributed by atoms with van der Waals surface area (Å²) in [4.78, 5) is 2.54. The van der Waals surface area contributed by atoms with Gasteiger partial charge in [0.25, 0.3) is 10.0 Å². The standard InChI is InChI=1S/C21H24N2O3S.ClH/c1-15-6-11-21-18(13-15)19-14-22(2)12-4-5-20(19)23(21)27(24,25)17-9-7-16(26-3)8-10-17;/h6-11,13H,4-5,12,14H2,1-3H3;1H. The van der Waals surface area contributed by atoms with E-state index in [4.69, 9.17) is 4.74 Å². The number of methoxy groups -OCH3 is 1. The molecule has 1 aromatic heterocycles. The van der Waals surface area contributed by atoms with Crippen LogP contribution in [0.15, 0.2) is 47.4 Å². The van der Waals surface area contributed by atoms with Gasteiger partial charge in [-0.2, -0.15) is 0 Å². The lowest BCUT2D eigenvalue weighted by Gasteiger charge is -2.12. The first-order valence-corrected chi connectivity index (χ1v) is 10.6. The van der Waals surface area contributed by atoms with Gasteiger partial charge in [-0.25, -0.2) is 12.4 Å². The molecule has 0 unspecified atom stereocenters. The maximum atomic E-state index is 13.6. The molecule has 3 aromatic rings. The van der Waals surface area contributed by atoms with Crippen LogP contribution in [0, 0.1) is 6.92 Å². The highest BCUT2D eigenvalue weighted by Gasteiger charge is 2.28. The lowest BCUT2D eigenvalue weighted by Crippen LogP contribution is -2.17. The summed E-state index contributed by atoms with van der Waals surface area (Å²) in [5.41, 5.74) is 3.94. The zero-order valence-electron chi connectivity index (χ0n) is 16.3. The van der Waals surface area contributed by atoms with Crippen LogP contribution in [0.3, 0.4) is 0 Å². The third kappa shape index (κ3) is 3.41. The molecule has 0 aliphatic carbocycles. The molecule has 0 radical (unpaired) electrons. The monoisotopic (exact) mass is 420 g/mol. The number of rotatable bonds is 3. The Morgan fingerprint density at radius 2 is 1.79 bits per heavy atom. The Hall–Kier alpha value is -2.02. The molecular weight excluding hydrogens is 396 g/mol. The molecule has 4 rings (SSSR count). The van der Waals surface area contributed by atoms with Crippen LogP contribution in [0.25, 0.3) is 10.9 Å². The van der Waals surface area contributed by atoms with Crippen molar-refractivity contribution in [3.05, 3.63) is 59.3 Å². The maximum absolute atomic E-state index is 13.6. The van der Waals surface area contributed by atoms with E-state index in [2.05, 4.69) is 18.0 Å². The molecule has 0 amide bonds. The Bertz CT molecular complexity index is 1100. The topological polar surface area (TPSA) is 51.5 Å². The molecule has 5 nitrogen and oxygen atoms in total. The Labute approximate surface area is 172 Å². The van der Waals surface area contributed by atoms with Crippen molar-refractivity contribution >= 4 is 33.3 Å². The van der Waals surface area contributed by atoms with Gasteiger partial charge in [0.05, 0.1) is 17.5 Å². The molecule has 0 saturated heterocycles. The summed E-state index contributed by atoms with van der Waals surface area (Å²) in [6.07, 6.45) is 1.69. The molecule has 0 bridgehead atoms. The van der Waals surface area contributed by atoms with Gasteiger partial charge in [0.2, 0.25) is 0 Å². The van der Waals surface area contributed by atoms with Crippen molar-refractivity contribution < 1.29 is 13.2 Å². The van der Waals surface area contributed by atoms with Gasteiger partial charge in [0.15, 0.2) is 0 Å². The van der Waals surface area contributed by atoms with Crippen LogP contribution in [0.4, 0.5) is 0 Å². The third-order valence-corrected chi connectivity index (χ3v) is 7.03. The van der Waals surface area contributed by atoms with Gasteiger partial charge in [0, 0.05) is 17.6 Å². The van der Waals surface area contributed by atoms with Crippen molar-refractivity contribution in [2.75, 3.05) is 20.7 Å². The van der Waals surface area contributed by atoms with Crippen LogP contribution >= 0.6 is 12.4 Å². The SMILES string of the molecule is COc1ccc(S(=O)(=O)n2c3c(c4cc(C)ccc42)CN(C)CCC3)cc1.Cl. The average Bonchev–Trinajstić information content (AvgIpc) is 2.82. The molecular formula is C21H25ClN2O3S. The Kier molecular flexibility index (Phi) is 5.75. The molecule has 28 heavy (non-hydrogen) atoms. The minimum atomic E-state index is -3.69. The zero-order chi connectivity index (χ0) is 19.2. The Morgan fingerprint density at radius 1 is 1.07 bits per heavy atom. The number of hydrogen-bond donors (Lipinski definition) is 0. The molecule has 150 valence electrons. The molecule has 0 atom stereocenters. The van der Waals surface area contributed by atoms with Crippen molar-refractivity contribution in [1.82, 2.24) is 8.87 Å².